The van der Waals surface area contributed by atoms with Gasteiger partial charge in [0.25, 0.3) is 0 Å². The van der Waals surface area contributed by atoms with Crippen LogP contribution in [0.5, 0.6) is 0 Å². The van der Waals surface area contributed by atoms with E-state index in [4.69, 9.17) is 9.73 Å². The van der Waals surface area contributed by atoms with Crippen LogP contribution in [0, 0.1) is 5.92 Å². The highest BCUT2D eigenvalue weighted by Crippen LogP contribution is 2.13. The van der Waals surface area contributed by atoms with Gasteiger partial charge in [-0.1, -0.05) is 6.92 Å². The summed E-state index contributed by atoms with van der Waals surface area (Å²) in [6.45, 7) is 17.1. The average Bonchev–Trinajstić information content (AvgIpc) is 3.11. The van der Waals surface area contributed by atoms with Gasteiger partial charge in [0.1, 0.15) is 0 Å². The van der Waals surface area contributed by atoms with E-state index >= 15 is 0 Å². The second-order valence-electron chi connectivity index (χ2n) is 7.12. The molecule has 2 atom stereocenters. The van der Waals surface area contributed by atoms with E-state index in [2.05, 4.69) is 47.8 Å². The second-order valence-corrected chi connectivity index (χ2v) is 7.12. The molecule has 6 heteroatoms. The lowest BCUT2D eigenvalue weighted by molar-refractivity contribution is 0.109. The van der Waals surface area contributed by atoms with Gasteiger partial charge in [0.2, 0.25) is 0 Å². The van der Waals surface area contributed by atoms with Crippen LogP contribution in [-0.4, -0.2) is 99.3 Å². The van der Waals surface area contributed by atoms with Gasteiger partial charge in [0.05, 0.1) is 13.2 Å². The van der Waals surface area contributed by atoms with Crippen LogP contribution in [0.2, 0.25) is 0 Å². The van der Waals surface area contributed by atoms with Crippen molar-refractivity contribution in [3.63, 3.8) is 0 Å². The quantitative estimate of drug-likeness (QED) is 0.552. The summed E-state index contributed by atoms with van der Waals surface area (Å²) in [7, 11) is 2.14. The number of guanidine groups is 1. The molecule has 1 N–H and O–H groups in total. The molecular formula is C18H37N5O. The molecule has 2 saturated heterocycles. The van der Waals surface area contributed by atoms with Gasteiger partial charge in [-0.05, 0) is 26.8 Å². The number of ether oxygens (including phenoxy) is 1. The fourth-order valence-electron chi connectivity index (χ4n) is 3.53. The van der Waals surface area contributed by atoms with Crippen LogP contribution in [0.25, 0.3) is 0 Å². The van der Waals surface area contributed by atoms with Crippen molar-refractivity contribution in [1.82, 2.24) is 20.0 Å². The minimum absolute atomic E-state index is 0.501. The molecule has 0 saturated carbocycles. The number of likely N-dealkylation sites (N-methyl/N-ethyl adjacent to an activating group) is 1. The molecule has 0 aromatic carbocycles. The van der Waals surface area contributed by atoms with E-state index in [9.17, 15) is 0 Å². The van der Waals surface area contributed by atoms with Gasteiger partial charge in [0.15, 0.2) is 5.96 Å². The Hall–Kier alpha value is -0.850. The van der Waals surface area contributed by atoms with Crippen molar-refractivity contribution in [2.75, 3.05) is 72.6 Å². The van der Waals surface area contributed by atoms with E-state index in [0.29, 0.717) is 12.0 Å². The molecule has 0 bridgehead atoms. The number of rotatable bonds is 7. The molecule has 6 nitrogen and oxygen atoms in total. The minimum atomic E-state index is 0.501. The lowest BCUT2D eigenvalue weighted by Crippen LogP contribution is -2.50. The Labute approximate surface area is 148 Å². The molecule has 2 heterocycles. The van der Waals surface area contributed by atoms with Gasteiger partial charge in [-0.2, -0.15) is 0 Å². The maximum absolute atomic E-state index is 5.50. The van der Waals surface area contributed by atoms with E-state index in [1.54, 1.807) is 0 Å². The van der Waals surface area contributed by atoms with Gasteiger partial charge in [-0.25, -0.2) is 0 Å². The van der Waals surface area contributed by atoms with Gasteiger partial charge >= 0.3 is 0 Å². The van der Waals surface area contributed by atoms with Crippen molar-refractivity contribution in [2.45, 2.75) is 33.2 Å². The molecule has 0 radical (unpaired) electrons. The summed E-state index contributed by atoms with van der Waals surface area (Å²) >= 11 is 0. The third-order valence-corrected chi connectivity index (χ3v) is 5.24. The van der Waals surface area contributed by atoms with Crippen molar-refractivity contribution in [2.24, 2.45) is 10.9 Å². The van der Waals surface area contributed by atoms with Crippen molar-refractivity contribution in [1.29, 1.82) is 0 Å². The van der Waals surface area contributed by atoms with E-state index in [1.165, 1.54) is 26.1 Å². The number of hydrogen-bond donors (Lipinski definition) is 1. The van der Waals surface area contributed by atoms with Gasteiger partial charge in [-0.3, -0.25) is 9.89 Å². The summed E-state index contributed by atoms with van der Waals surface area (Å²) in [5, 5.41) is 3.44. The summed E-state index contributed by atoms with van der Waals surface area (Å²) < 4.78 is 5.50. The summed E-state index contributed by atoms with van der Waals surface area (Å²) in [5.74, 6) is 1.67. The molecule has 2 aliphatic rings. The van der Waals surface area contributed by atoms with E-state index < -0.39 is 0 Å². The van der Waals surface area contributed by atoms with Crippen LogP contribution in [0.3, 0.4) is 0 Å². The van der Waals surface area contributed by atoms with E-state index in [0.717, 1.165) is 51.9 Å². The Bertz CT molecular complexity index is 376. The third-order valence-electron chi connectivity index (χ3n) is 5.24. The highest BCUT2D eigenvalue weighted by atomic mass is 16.5. The summed E-state index contributed by atoms with van der Waals surface area (Å²) in [5.41, 5.74) is 0. The lowest BCUT2D eigenvalue weighted by Gasteiger charge is -2.37. The number of aliphatic imine (C=N–C) groups is 1. The summed E-state index contributed by atoms with van der Waals surface area (Å²) in [4.78, 5) is 12.3. The Morgan fingerprint density at radius 3 is 2.62 bits per heavy atom. The molecule has 2 rings (SSSR count). The SMILES string of the molecule is CCNC(=NCC(C)N1CCN(CC)CC1)N(C)CC1CCOC1. The standard InChI is InChI=1S/C18H37N5O/c1-5-19-18(21(4)14-17-7-12-24-15-17)20-13-16(3)23-10-8-22(6-2)9-11-23/h16-17H,5-15H2,1-4H3,(H,19,20). The maximum atomic E-state index is 5.50. The maximum Gasteiger partial charge on any atom is 0.193 e. The number of nitrogens with zero attached hydrogens (tertiary/aromatic N) is 4. The topological polar surface area (TPSA) is 43.3 Å². The fraction of sp³-hybridized carbons (Fsp3) is 0.944. The van der Waals surface area contributed by atoms with Crippen molar-refractivity contribution in [3.8, 4) is 0 Å². The zero-order chi connectivity index (χ0) is 17.4. The fourth-order valence-corrected chi connectivity index (χ4v) is 3.53. The number of piperazine rings is 1. The van der Waals surface area contributed by atoms with Gasteiger partial charge in [0, 0.05) is 64.9 Å². The normalized spacial score (nSPS) is 25.0. The molecule has 0 spiro atoms. The van der Waals surface area contributed by atoms with Crippen LogP contribution in [-0.2, 0) is 4.74 Å². The molecule has 0 amide bonds. The van der Waals surface area contributed by atoms with Crippen molar-refractivity contribution < 1.29 is 4.74 Å². The Kier molecular flexibility index (Phi) is 8.29. The first-order valence-corrected chi connectivity index (χ1v) is 9.67. The third kappa shape index (κ3) is 5.90. The largest absolute Gasteiger partial charge is 0.381 e. The first kappa shape index (κ1) is 19.5. The molecule has 0 aromatic rings. The van der Waals surface area contributed by atoms with Crippen LogP contribution in [0.15, 0.2) is 4.99 Å². The summed E-state index contributed by atoms with van der Waals surface area (Å²) in [6, 6.07) is 0.501. The molecule has 24 heavy (non-hydrogen) atoms. The molecule has 0 aliphatic carbocycles. The average molecular weight is 340 g/mol. The van der Waals surface area contributed by atoms with Crippen LogP contribution < -0.4 is 5.32 Å². The monoisotopic (exact) mass is 339 g/mol. The van der Waals surface area contributed by atoms with Crippen molar-refractivity contribution in [3.05, 3.63) is 0 Å². The highest BCUT2D eigenvalue weighted by Gasteiger charge is 2.21. The Morgan fingerprint density at radius 1 is 1.29 bits per heavy atom. The van der Waals surface area contributed by atoms with E-state index in [1.807, 2.05) is 0 Å². The zero-order valence-corrected chi connectivity index (χ0v) is 16.1. The second kappa shape index (κ2) is 10.2. The number of hydrogen-bond acceptors (Lipinski definition) is 4. The highest BCUT2D eigenvalue weighted by molar-refractivity contribution is 5.79. The molecule has 140 valence electrons. The minimum Gasteiger partial charge on any atom is -0.381 e. The molecule has 2 unspecified atom stereocenters. The number of nitrogens with one attached hydrogen (secondary N) is 1. The summed E-state index contributed by atoms with van der Waals surface area (Å²) in [6.07, 6.45) is 1.17. The predicted octanol–water partition coefficient (Wildman–Crippen LogP) is 0.946. The predicted molar refractivity (Wildman–Crippen MR) is 101 cm³/mol. The van der Waals surface area contributed by atoms with Gasteiger partial charge < -0.3 is 19.9 Å². The molecule has 2 aliphatic heterocycles. The van der Waals surface area contributed by atoms with Crippen LogP contribution in [0.1, 0.15) is 27.2 Å². The van der Waals surface area contributed by atoms with E-state index in [-0.39, 0.29) is 0 Å². The van der Waals surface area contributed by atoms with Crippen LogP contribution >= 0.6 is 0 Å². The van der Waals surface area contributed by atoms with Crippen LogP contribution in [0.4, 0.5) is 0 Å². The van der Waals surface area contributed by atoms with Gasteiger partial charge in [-0.15, -0.1) is 0 Å². The first-order chi connectivity index (χ1) is 11.6. The first-order valence-electron chi connectivity index (χ1n) is 9.67. The Morgan fingerprint density at radius 2 is 2.04 bits per heavy atom. The smallest absolute Gasteiger partial charge is 0.193 e. The molecule has 0 aromatic heterocycles. The zero-order valence-electron chi connectivity index (χ0n) is 16.1. The molecule has 2 fully saturated rings. The molecular weight excluding hydrogens is 302 g/mol. The van der Waals surface area contributed by atoms with Crippen molar-refractivity contribution >= 4 is 5.96 Å². The Balaban J connectivity index is 1.82. The lowest BCUT2D eigenvalue weighted by atomic mass is 10.1.